The van der Waals surface area contributed by atoms with Crippen LogP contribution >= 0.6 is 0 Å². The molecule has 0 atom stereocenters. The maximum absolute atomic E-state index is 4.90. The van der Waals surface area contributed by atoms with Crippen molar-refractivity contribution >= 4 is 0 Å². The first-order valence-corrected chi connectivity index (χ1v) is 3.95. The van der Waals surface area contributed by atoms with Crippen molar-refractivity contribution in [2.45, 2.75) is 0 Å². The predicted octanol–water partition coefficient (Wildman–Crippen LogP) is -3.29. The SMILES string of the molecule is NCCN.NCCN.NCCN.[Co]. The summed E-state index contributed by atoms with van der Waals surface area (Å²) in [5, 5.41) is 0. The average Bonchev–Trinajstić information content (AvgIpc) is 2.18. The van der Waals surface area contributed by atoms with Crippen LogP contribution in [-0.4, -0.2) is 39.3 Å². The molecule has 0 spiro atoms. The second-order valence-electron chi connectivity index (χ2n) is 1.73. The van der Waals surface area contributed by atoms with E-state index in [4.69, 9.17) is 34.4 Å². The molecule has 0 rings (SSSR count). The molecule has 6 nitrogen and oxygen atoms in total. The molecule has 0 amide bonds. The predicted molar refractivity (Wildman–Crippen MR) is 54.3 cm³/mol. The minimum absolute atomic E-state index is 0. The molecule has 0 aliphatic carbocycles. The Morgan fingerprint density at radius 3 is 0.462 bits per heavy atom. The first-order valence-electron chi connectivity index (χ1n) is 3.95. The first-order chi connectivity index (χ1) is 5.74. The van der Waals surface area contributed by atoms with Gasteiger partial charge >= 0.3 is 0 Å². The van der Waals surface area contributed by atoms with Crippen molar-refractivity contribution in [1.82, 2.24) is 0 Å². The Labute approximate surface area is 90.9 Å². The quantitative estimate of drug-likeness (QED) is 0.303. The second-order valence-corrected chi connectivity index (χ2v) is 1.73. The van der Waals surface area contributed by atoms with Crippen molar-refractivity contribution < 1.29 is 16.8 Å². The molecular weight excluding hydrogens is 215 g/mol. The minimum Gasteiger partial charge on any atom is -0.329 e. The summed E-state index contributed by atoms with van der Waals surface area (Å²) in [6, 6.07) is 0. The van der Waals surface area contributed by atoms with E-state index in [0.717, 1.165) is 0 Å². The smallest absolute Gasteiger partial charge is 0.00461 e. The minimum atomic E-state index is 0. The third-order valence-electron chi connectivity index (χ3n) is 0.500. The summed E-state index contributed by atoms with van der Waals surface area (Å²) in [6.45, 7) is 3.58. The molecule has 0 aromatic heterocycles. The van der Waals surface area contributed by atoms with Gasteiger partial charge in [-0.3, -0.25) is 0 Å². The average molecular weight is 239 g/mol. The van der Waals surface area contributed by atoms with Gasteiger partial charge in [-0.25, -0.2) is 0 Å². The fraction of sp³-hybridized carbons (Fsp3) is 1.00. The molecule has 7 heteroatoms. The summed E-state index contributed by atoms with van der Waals surface area (Å²) in [7, 11) is 0. The maximum Gasteiger partial charge on any atom is 0.00461 e. The van der Waals surface area contributed by atoms with E-state index in [9.17, 15) is 0 Å². The second kappa shape index (κ2) is 39.7. The van der Waals surface area contributed by atoms with Gasteiger partial charge in [0.05, 0.1) is 0 Å². The van der Waals surface area contributed by atoms with Crippen molar-refractivity contribution in [3.05, 3.63) is 0 Å². The molecule has 0 unspecified atom stereocenters. The topological polar surface area (TPSA) is 156 Å². The molecule has 0 aliphatic rings. The Bertz CT molecular complexity index is 32.6. The largest absolute Gasteiger partial charge is 0.329 e. The first kappa shape index (κ1) is 23.2. The molecule has 1 radical (unpaired) electrons. The van der Waals surface area contributed by atoms with E-state index in [1.807, 2.05) is 0 Å². The zero-order valence-corrected chi connectivity index (χ0v) is 9.08. The van der Waals surface area contributed by atoms with Crippen molar-refractivity contribution in [3.63, 3.8) is 0 Å². The fourth-order valence-corrected chi connectivity index (χ4v) is 0. The molecule has 0 bridgehead atoms. The summed E-state index contributed by atoms with van der Waals surface area (Å²) >= 11 is 0. The van der Waals surface area contributed by atoms with Crippen LogP contribution in [0, 0.1) is 0 Å². The summed E-state index contributed by atoms with van der Waals surface area (Å²) < 4.78 is 0. The molecular formula is C6H24CoN6. The van der Waals surface area contributed by atoms with E-state index in [2.05, 4.69) is 0 Å². The van der Waals surface area contributed by atoms with Crippen molar-refractivity contribution in [2.75, 3.05) is 39.3 Å². The molecule has 87 valence electrons. The van der Waals surface area contributed by atoms with Crippen LogP contribution in [0.25, 0.3) is 0 Å². The molecule has 0 aliphatic heterocycles. The Balaban J connectivity index is -0.0000000450. The molecule has 0 aromatic carbocycles. The zero-order valence-electron chi connectivity index (χ0n) is 8.04. The molecule has 0 saturated heterocycles. The van der Waals surface area contributed by atoms with Crippen LogP contribution in [0.2, 0.25) is 0 Å². The van der Waals surface area contributed by atoms with Gasteiger partial charge in [0, 0.05) is 56.0 Å². The summed E-state index contributed by atoms with van der Waals surface area (Å²) in [5.74, 6) is 0. The van der Waals surface area contributed by atoms with Crippen LogP contribution in [0.4, 0.5) is 0 Å². The molecule has 12 N–H and O–H groups in total. The van der Waals surface area contributed by atoms with Gasteiger partial charge in [-0.1, -0.05) is 0 Å². The fourth-order valence-electron chi connectivity index (χ4n) is 0. The van der Waals surface area contributed by atoms with Gasteiger partial charge in [0.15, 0.2) is 0 Å². The summed E-state index contributed by atoms with van der Waals surface area (Å²) in [4.78, 5) is 0. The van der Waals surface area contributed by atoms with Gasteiger partial charge < -0.3 is 34.4 Å². The van der Waals surface area contributed by atoms with E-state index in [1.54, 1.807) is 0 Å². The van der Waals surface area contributed by atoms with Gasteiger partial charge in [0.1, 0.15) is 0 Å². The van der Waals surface area contributed by atoms with Gasteiger partial charge in [-0.15, -0.1) is 0 Å². The molecule has 13 heavy (non-hydrogen) atoms. The molecule has 0 fully saturated rings. The number of rotatable bonds is 3. The van der Waals surface area contributed by atoms with Gasteiger partial charge in [0.25, 0.3) is 0 Å². The van der Waals surface area contributed by atoms with E-state index in [-0.39, 0.29) is 16.8 Å². The Morgan fingerprint density at radius 1 is 0.385 bits per heavy atom. The van der Waals surface area contributed by atoms with Crippen molar-refractivity contribution in [2.24, 2.45) is 34.4 Å². The van der Waals surface area contributed by atoms with Crippen LogP contribution in [0.3, 0.4) is 0 Å². The molecule has 0 heterocycles. The van der Waals surface area contributed by atoms with Crippen molar-refractivity contribution in [1.29, 1.82) is 0 Å². The van der Waals surface area contributed by atoms with Gasteiger partial charge in [0.2, 0.25) is 0 Å². The number of hydrogen-bond acceptors (Lipinski definition) is 6. The van der Waals surface area contributed by atoms with E-state index < -0.39 is 0 Å². The third kappa shape index (κ3) is 121. The summed E-state index contributed by atoms with van der Waals surface area (Å²) in [5.41, 5.74) is 29.4. The van der Waals surface area contributed by atoms with Crippen LogP contribution in [0.1, 0.15) is 0 Å². The number of nitrogens with two attached hydrogens (primary N) is 6. The van der Waals surface area contributed by atoms with Crippen LogP contribution in [0.5, 0.6) is 0 Å². The van der Waals surface area contributed by atoms with E-state index in [1.165, 1.54) is 0 Å². The van der Waals surface area contributed by atoms with Gasteiger partial charge in [-0.2, -0.15) is 0 Å². The van der Waals surface area contributed by atoms with Crippen LogP contribution < -0.4 is 34.4 Å². The standard InChI is InChI=1S/3C2H8N2.Co/c3*3-1-2-4;/h3*1-4H2;. The third-order valence-corrected chi connectivity index (χ3v) is 0.500. The Morgan fingerprint density at radius 2 is 0.462 bits per heavy atom. The van der Waals surface area contributed by atoms with Gasteiger partial charge in [-0.05, 0) is 0 Å². The maximum atomic E-state index is 4.90. The zero-order chi connectivity index (χ0) is 10.2. The van der Waals surface area contributed by atoms with E-state index >= 15 is 0 Å². The summed E-state index contributed by atoms with van der Waals surface area (Å²) in [6.07, 6.45) is 0. The number of hydrogen-bond donors (Lipinski definition) is 6. The monoisotopic (exact) mass is 239 g/mol. The van der Waals surface area contributed by atoms with Crippen molar-refractivity contribution in [3.8, 4) is 0 Å². The van der Waals surface area contributed by atoms with Crippen LogP contribution in [-0.2, 0) is 16.8 Å². The normalized spacial score (nSPS) is 6.92. The van der Waals surface area contributed by atoms with E-state index in [0.29, 0.717) is 39.3 Å². The Hall–Kier alpha value is 0.266. The Kier molecular flexibility index (Phi) is 70.9. The van der Waals surface area contributed by atoms with Crippen LogP contribution in [0.15, 0.2) is 0 Å². The molecule has 0 saturated carbocycles. The molecule has 0 aromatic rings.